The number of hydrogen-bond donors (Lipinski definition) is 1. The standard InChI is InChI=1S/C18H22N6O/c1-18(19)4-7-24(8-5-18)15-11-21-16-14(23-15)10-22-17(16)25-12-13-3-2-6-20-9-13/h2-3,6,9,11H,4-5,7-8,10,12,19H2,1H3. The van der Waals surface area contributed by atoms with Gasteiger partial charge in [-0.3, -0.25) is 4.98 Å². The Labute approximate surface area is 147 Å². The van der Waals surface area contributed by atoms with Crippen molar-refractivity contribution >= 4 is 11.7 Å². The summed E-state index contributed by atoms with van der Waals surface area (Å²) in [5, 5.41) is 0. The van der Waals surface area contributed by atoms with Crippen molar-refractivity contribution in [1.82, 2.24) is 15.0 Å². The van der Waals surface area contributed by atoms with Gasteiger partial charge in [0.05, 0.1) is 18.4 Å². The number of ether oxygens (including phenoxy) is 1. The molecule has 2 aliphatic rings. The number of nitrogens with two attached hydrogens (primary N) is 1. The Kier molecular flexibility index (Phi) is 4.09. The summed E-state index contributed by atoms with van der Waals surface area (Å²) in [7, 11) is 0. The van der Waals surface area contributed by atoms with Crippen molar-refractivity contribution < 1.29 is 4.74 Å². The van der Waals surface area contributed by atoms with Crippen molar-refractivity contribution in [3.63, 3.8) is 0 Å². The summed E-state index contributed by atoms with van der Waals surface area (Å²) in [5.41, 5.74) is 8.75. The highest BCUT2D eigenvalue weighted by molar-refractivity contribution is 5.95. The van der Waals surface area contributed by atoms with E-state index in [0.717, 1.165) is 48.7 Å². The number of aliphatic imine (C=N–C) groups is 1. The van der Waals surface area contributed by atoms with Gasteiger partial charge in [-0.1, -0.05) is 6.07 Å². The molecular formula is C18H22N6O. The van der Waals surface area contributed by atoms with Crippen LogP contribution in [0, 0.1) is 0 Å². The Balaban J connectivity index is 1.43. The van der Waals surface area contributed by atoms with Crippen molar-refractivity contribution in [2.75, 3.05) is 18.0 Å². The van der Waals surface area contributed by atoms with Gasteiger partial charge in [-0.05, 0) is 25.8 Å². The van der Waals surface area contributed by atoms with Crippen LogP contribution in [0.3, 0.4) is 0 Å². The highest BCUT2D eigenvalue weighted by Crippen LogP contribution is 2.25. The Bertz CT molecular complexity index is 779. The van der Waals surface area contributed by atoms with Crippen LogP contribution in [0.25, 0.3) is 0 Å². The molecule has 4 heterocycles. The van der Waals surface area contributed by atoms with Crippen molar-refractivity contribution in [2.45, 2.75) is 38.5 Å². The van der Waals surface area contributed by atoms with Gasteiger partial charge < -0.3 is 15.4 Å². The van der Waals surface area contributed by atoms with Gasteiger partial charge in [0.15, 0.2) is 0 Å². The van der Waals surface area contributed by atoms with Gasteiger partial charge >= 0.3 is 0 Å². The fourth-order valence-corrected chi connectivity index (χ4v) is 3.08. The second-order valence-electron chi connectivity index (χ2n) is 6.94. The molecule has 0 aliphatic carbocycles. The largest absolute Gasteiger partial charge is 0.471 e. The maximum absolute atomic E-state index is 6.21. The number of piperidine rings is 1. The normalized spacial score (nSPS) is 18.6. The van der Waals surface area contributed by atoms with Crippen LogP contribution in [0.4, 0.5) is 5.82 Å². The SMILES string of the molecule is CC1(N)CCN(c2cnc3c(n2)CN=C3OCc2cccnc2)CC1. The zero-order chi connectivity index (χ0) is 17.3. The van der Waals surface area contributed by atoms with Gasteiger partial charge in [0.2, 0.25) is 5.90 Å². The molecule has 7 heteroatoms. The third-order valence-electron chi connectivity index (χ3n) is 4.73. The molecule has 1 fully saturated rings. The quantitative estimate of drug-likeness (QED) is 0.915. The van der Waals surface area contributed by atoms with Gasteiger partial charge in [-0.15, -0.1) is 0 Å². The maximum Gasteiger partial charge on any atom is 0.238 e. The minimum absolute atomic E-state index is 0.0723. The Morgan fingerprint density at radius 3 is 2.88 bits per heavy atom. The molecule has 130 valence electrons. The molecule has 0 saturated carbocycles. The van der Waals surface area contributed by atoms with E-state index in [1.54, 1.807) is 12.4 Å². The highest BCUT2D eigenvalue weighted by atomic mass is 16.5. The van der Waals surface area contributed by atoms with Crippen LogP contribution in [0.2, 0.25) is 0 Å². The number of rotatable bonds is 3. The second-order valence-corrected chi connectivity index (χ2v) is 6.94. The minimum atomic E-state index is -0.0723. The van der Waals surface area contributed by atoms with E-state index < -0.39 is 0 Å². The summed E-state index contributed by atoms with van der Waals surface area (Å²) in [4.78, 5) is 20.1. The number of hydrogen-bond acceptors (Lipinski definition) is 7. The predicted octanol–water partition coefficient (Wildman–Crippen LogP) is 1.67. The lowest BCUT2D eigenvalue weighted by atomic mass is 9.91. The monoisotopic (exact) mass is 338 g/mol. The van der Waals surface area contributed by atoms with Gasteiger partial charge in [0.1, 0.15) is 18.1 Å². The molecule has 1 saturated heterocycles. The van der Waals surface area contributed by atoms with Crippen LogP contribution in [-0.2, 0) is 17.9 Å². The first-order chi connectivity index (χ1) is 12.1. The Morgan fingerprint density at radius 1 is 1.28 bits per heavy atom. The molecule has 0 radical (unpaired) electrons. The van der Waals surface area contributed by atoms with Crippen molar-refractivity contribution in [1.29, 1.82) is 0 Å². The molecule has 2 N–H and O–H groups in total. The van der Waals surface area contributed by atoms with Crippen molar-refractivity contribution in [3.8, 4) is 0 Å². The van der Waals surface area contributed by atoms with Gasteiger partial charge in [-0.2, -0.15) is 0 Å². The molecule has 0 bridgehead atoms. The summed E-state index contributed by atoms with van der Waals surface area (Å²) in [6, 6.07) is 3.86. The van der Waals surface area contributed by atoms with Gasteiger partial charge in [-0.25, -0.2) is 15.0 Å². The van der Waals surface area contributed by atoms with Crippen LogP contribution < -0.4 is 10.6 Å². The number of pyridine rings is 1. The average molecular weight is 338 g/mol. The predicted molar refractivity (Wildman–Crippen MR) is 95.3 cm³/mol. The van der Waals surface area contributed by atoms with Crippen LogP contribution in [0.15, 0.2) is 35.7 Å². The number of aromatic nitrogens is 3. The molecule has 25 heavy (non-hydrogen) atoms. The first-order valence-electron chi connectivity index (χ1n) is 8.57. The van der Waals surface area contributed by atoms with Gasteiger partial charge in [0.25, 0.3) is 0 Å². The van der Waals surface area contributed by atoms with Crippen LogP contribution in [0.1, 0.15) is 36.7 Å². The van der Waals surface area contributed by atoms with E-state index in [-0.39, 0.29) is 5.54 Å². The number of anilines is 1. The molecule has 4 rings (SSSR count). The molecule has 2 aromatic heterocycles. The first-order valence-corrected chi connectivity index (χ1v) is 8.57. The molecule has 0 atom stereocenters. The molecule has 0 amide bonds. The van der Waals surface area contributed by atoms with E-state index in [4.69, 9.17) is 15.5 Å². The molecular weight excluding hydrogens is 316 g/mol. The zero-order valence-corrected chi connectivity index (χ0v) is 14.4. The van der Waals surface area contributed by atoms with E-state index >= 15 is 0 Å². The summed E-state index contributed by atoms with van der Waals surface area (Å²) in [5.74, 6) is 1.46. The molecule has 0 unspecified atom stereocenters. The van der Waals surface area contributed by atoms with Crippen LogP contribution in [-0.4, -0.2) is 39.5 Å². The molecule has 7 nitrogen and oxygen atoms in total. The topological polar surface area (TPSA) is 89.5 Å². The Morgan fingerprint density at radius 2 is 2.12 bits per heavy atom. The third-order valence-corrected chi connectivity index (χ3v) is 4.73. The maximum atomic E-state index is 6.21. The van der Waals surface area contributed by atoms with Crippen molar-refractivity contribution in [3.05, 3.63) is 47.7 Å². The number of fused-ring (bicyclic) bond motifs is 1. The smallest absolute Gasteiger partial charge is 0.238 e. The Hall–Kier alpha value is -2.54. The lowest BCUT2D eigenvalue weighted by Crippen LogP contribution is -2.48. The molecule has 2 aliphatic heterocycles. The van der Waals surface area contributed by atoms with Crippen LogP contribution >= 0.6 is 0 Å². The average Bonchev–Trinajstić information content (AvgIpc) is 3.03. The summed E-state index contributed by atoms with van der Waals surface area (Å²) in [6.07, 6.45) is 7.26. The van der Waals surface area contributed by atoms with E-state index in [1.807, 2.05) is 18.3 Å². The summed E-state index contributed by atoms with van der Waals surface area (Å²) in [6.45, 7) is 4.87. The van der Waals surface area contributed by atoms with Crippen molar-refractivity contribution in [2.24, 2.45) is 10.7 Å². The third kappa shape index (κ3) is 3.46. The summed E-state index contributed by atoms with van der Waals surface area (Å²) < 4.78 is 5.81. The zero-order valence-electron chi connectivity index (χ0n) is 14.4. The lowest BCUT2D eigenvalue weighted by molar-refractivity contribution is 0.292. The minimum Gasteiger partial charge on any atom is -0.471 e. The van der Waals surface area contributed by atoms with Gasteiger partial charge in [0, 0.05) is 36.6 Å². The van der Waals surface area contributed by atoms with Crippen LogP contribution in [0.5, 0.6) is 0 Å². The number of nitrogens with zero attached hydrogens (tertiary/aromatic N) is 5. The fraction of sp³-hybridized carbons (Fsp3) is 0.444. The second kappa shape index (κ2) is 6.40. The highest BCUT2D eigenvalue weighted by Gasteiger charge is 2.28. The summed E-state index contributed by atoms with van der Waals surface area (Å²) >= 11 is 0. The lowest BCUT2D eigenvalue weighted by Gasteiger charge is -2.37. The van der Waals surface area contributed by atoms with E-state index in [0.29, 0.717) is 19.0 Å². The van der Waals surface area contributed by atoms with E-state index in [9.17, 15) is 0 Å². The van der Waals surface area contributed by atoms with E-state index in [2.05, 4.69) is 26.8 Å². The first kappa shape index (κ1) is 16.0. The molecule has 2 aromatic rings. The fourth-order valence-electron chi connectivity index (χ4n) is 3.08. The van der Waals surface area contributed by atoms with E-state index in [1.165, 1.54) is 0 Å². The molecule has 0 aromatic carbocycles. The molecule has 0 spiro atoms.